The summed E-state index contributed by atoms with van der Waals surface area (Å²) in [6.45, 7) is 3.17. The Balaban J connectivity index is 1.50. The first-order valence-electron chi connectivity index (χ1n) is 7.84. The molecule has 3 heterocycles. The number of hydrogen-bond acceptors (Lipinski definition) is 5. The third-order valence-corrected chi connectivity index (χ3v) is 4.00. The number of aromatic nitrogens is 2. The van der Waals surface area contributed by atoms with Crippen molar-refractivity contribution in [3.63, 3.8) is 0 Å². The van der Waals surface area contributed by atoms with Crippen molar-refractivity contribution in [1.82, 2.24) is 14.9 Å². The van der Waals surface area contributed by atoms with E-state index in [0.717, 1.165) is 38.2 Å². The highest BCUT2D eigenvalue weighted by molar-refractivity contribution is 5.31. The lowest BCUT2D eigenvalue weighted by molar-refractivity contribution is -0.0349. The van der Waals surface area contributed by atoms with Crippen molar-refractivity contribution < 1.29 is 9.13 Å². The minimum absolute atomic E-state index is 0.193. The van der Waals surface area contributed by atoms with Crippen molar-refractivity contribution in [2.45, 2.75) is 25.5 Å². The number of nitrogen functional groups attached to an aromatic ring is 1. The molecule has 0 amide bonds. The van der Waals surface area contributed by atoms with Gasteiger partial charge in [0.1, 0.15) is 11.6 Å². The average molecular weight is 316 g/mol. The number of pyridine rings is 2. The van der Waals surface area contributed by atoms with Gasteiger partial charge in [0.15, 0.2) is 0 Å². The summed E-state index contributed by atoms with van der Waals surface area (Å²) in [5.41, 5.74) is 7.76. The van der Waals surface area contributed by atoms with Crippen molar-refractivity contribution in [2.75, 3.05) is 25.4 Å². The first kappa shape index (κ1) is 15.8. The van der Waals surface area contributed by atoms with E-state index in [4.69, 9.17) is 10.5 Å². The van der Waals surface area contributed by atoms with E-state index in [2.05, 4.69) is 14.9 Å². The molecule has 122 valence electrons. The van der Waals surface area contributed by atoms with Crippen LogP contribution in [0.3, 0.4) is 0 Å². The van der Waals surface area contributed by atoms with E-state index in [9.17, 15) is 4.39 Å². The summed E-state index contributed by atoms with van der Waals surface area (Å²) in [6, 6.07) is 7.08. The van der Waals surface area contributed by atoms with Crippen molar-refractivity contribution >= 4 is 5.82 Å². The van der Waals surface area contributed by atoms with Crippen LogP contribution in [-0.2, 0) is 17.7 Å². The topological polar surface area (TPSA) is 64.3 Å². The monoisotopic (exact) mass is 316 g/mol. The molecule has 0 aromatic carbocycles. The Labute approximate surface area is 135 Å². The van der Waals surface area contributed by atoms with Crippen molar-refractivity contribution in [3.05, 3.63) is 53.7 Å². The minimum atomic E-state index is -0.301. The fraction of sp³-hybridized carbons (Fsp3) is 0.412. The Hall–Kier alpha value is -2.05. The van der Waals surface area contributed by atoms with Crippen LogP contribution in [-0.4, -0.2) is 40.7 Å². The fourth-order valence-electron chi connectivity index (χ4n) is 2.81. The normalized spacial score (nSPS) is 18.9. The van der Waals surface area contributed by atoms with Crippen LogP contribution >= 0.6 is 0 Å². The molecule has 6 heteroatoms. The van der Waals surface area contributed by atoms with E-state index in [-0.39, 0.29) is 11.9 Å². The number of nitrogens with two attached hydrogens (primary N) is 1. The van der Waals surface area contributed by atoms with E-state index >= 15 is 0 Å². The van der Waals surface area contributed by atoms with E-state index in [1.807, 2.05) is 12.1 Å². The molecule has 5 nitrogen and oxygen atoms in total. The van der Waals surface area contributed by atoms with Gasteiger partial charge in [0.25, 0.3) is 0 Å². The van der Waals surface area contributed by atoms with Gasteiger partial charge in [-0.3, -0.25) is 9.88 Å². The standard InChI is InChI=1S/C17H21FN4O/c18-14-2-3-15(21-10-14)11-22-7-8-23-16(12-22)4-1-13-5-6-20-17(19)9-13/h2-3,5-6,9-10,16H,1,4,7-8,11-12H2,(H2,19,20). The van der Waals surface area contributed by atoms with Crippen LogP contribution < -0.4 is 5.73 Å². The van der Waals surface area contributed by atoms with E-state index in [1.54, 1.807) is 12.3 Å². The SMILES string of the molecule is Nc1cc(CCC2CN(Cc3ccc(F)cn3)CCO2)ccn1. The molecule has 1 aliphatic heterocycles. The van der Waals surface area contributed by atoms with E-state index in [0.29, 0.717) is 12.4 Å². The smallest absolute Gasteiger partial charge is 0.141 e. The minimum Gasteiger partial charge on any atom is -0.384 e. The molecular formula is C17H21FN4O. The number of hydrogen-bond donors (Lipinski definition) is 1. The molecule has 0 aliphatic carbocycles. The van der Waals surface area contributed by atoms with Gasteiger partial charge in [0, 0.05) is 25.8 Å². The molecule has 1 atom stereocenters. The lowest BCUT2D eigenvalue weighted by Gasteiger charge is -2.32. The number of morpholine rings is 1. The maximum absolute atomic E-state index is 12.9. The summed E-state index contributed by atoms with van der Waals surface area (Å²) in [5, 5.41) is 0. The summed E-state index contributed by atoms with van der Waals surface area (Å²) in [5.74, 6) is 0.251. The van der Waals surface area contributed by atoms with E-state index in [1.165, 1.54) is 17.8 Å². The van der Waals surface area contributed by atoms with Crippen LogP contribution in [0.4, 0.5) is 10.2 Å². The molecule has 1 fully saturated rings. The van der Waals surface area contributed by atoms with Gasteiger partial charge in [-0.2, -0.15) is 0 Å². The van der Waals surface area contributed by atoms with Crippen molar-refractivity contribution in [2.24, 2.45) is 0 Å². The van der Waals surface area contributed by atoms with Crippen LogP contribution in [0.5, 0.6) is 0 Å². The van der Waals surface area contributed by atoms with Gasteiger partial charge in [-0.15, -0.1) is 0 Å². The van der Waals surface area contributed by atoms with Crippen LogP contribution in [0.2, 0.25) is 0 Å². The first-order chi connectivity index (χ1) is 11.2. The summed E-state index contributed by atoms with van der Waals surface area (Å²) in [4.78, 5) is 10.4. The lowest BCUT2D eigenvalue weighted by atomic mass is 10.1. The van der Waals surface area contributed by atoms with Crippen molar-refractivity contribution in [1.29, 1.82) is 0 Å². The molecule has 1 aliphatic rings. The molecule has 3 rings (SSSR count). The predicted octanol–water partition coefficient (Wildman–Crippen LogP) is 2.03. The quantitative estimate of drug-likeness (QED) is 0.914. The van der Waals surface area contributed by atoms with Gasteiger partial charge >= 0.3 is 0 Å². The Morgan fingerprint density at radius 1 is 1.30 bits per heavy atom. The second kappa shape index (κ2) is 7.48. The second-order valence-corrected chi connectivity index (χ2v) is 5.82. The number of rotatable bonds is 5. The van der Waals surface area contributed by atoms with Gasteiger partial charge in [-0.05, 0) is 42.7 Å². The number of aryl methyl sites for hydroxylation is 1. The van der Waals surface area contributed by atoms with Crippen LogP contribution in [0.15, 0.2) is 36.7 Å². The molecule has 1 unspecified atom stereocenters. The molecule has 2 aromatic heterocycles. The highest BCUT2D eigenvalue weighted by Gasteiger charge is 2.20. The molecule has 0 radical (unpaired) electrons. The summed E-state index contributed by atoms with van der Waals surface area (Å²) < 4.78 is 18.8. The molecular weight excluding hydrogens is 295 g/mol. The molecule has 0 saturated carbocycles. The zero-order valence-corrected chi connectivity index (χ0v) is 13.0. The maximum atomic E-state index is 12.9. The van der Waals surface area contributed by atoms with E-state index < -0.39 is 0 Å². The zero-order valence-electron chi connectivity index (χ0n) is 13.0. The number of halogens is 1. The zero-order chi connectivity index (χ0) is 16.1. The van der Waals surface area contributed by atoms with Gasteiger partial charge in [-0.25, -0.2) is 9.37 Å². The summed E-state index contributed by atoms with van der Waals surface area (Å²) in [6.07, 6.45) is 5.05. The molecule has 2 N–H and O–H groups in total. The van der Waals surface area contributed by atoms with Gasteiger partial charge in [-0.1, -0.05) is 0 Å². The predicted molar refractivity (Wildman–Crippen MR) is 86.2 cm³/mol. The third-order valence-electron chi connectivity index (χ3n) is 4.00. The van der Waals surface area contributed by atoms with Gasteiger partial charge < -0.3 is 10.5 Å². The highest BCUT2D eigenvalue weighted by Crippen LogP contribution is 2.15. The molecule has 1 saturated heterocycles. The summed E-state index contributed by atoms with van der Waals surface area (Å²) >= 11 is 0. The maximum Gasteiger partial charge on any atom is 0.141 e. The number of ether oxygens (including phenoxy) is 1. The molecule has 0 spiro atoms. The van der Waals surface area contributed by atoms with Crippen molar-refractivity contribution in [3.8, 4) is 0 Å². The number of nitrogens with zero attached hydrogens (tertiary/aromatic N) is 3. The Morgan fingerprint density at radius 3 is 3.00 bits per heavy atom. The third kappa shape index (κ3) is 4.71. The molecule has 2 aromatic rings. The van der Waals surface area contributed by atoms with Gasteiger partial charge in [0.2, 0.25) is 0 Å². The Morgan fingerprint density at radius 2 is 2.22 bits per heavy atom. The Kier molecular flexibility index (Phi) is 5.15. The van der Waals surface area contributed by atoms with Crippen LogP contribution in [0.25, 0.3) is 0 Å². The second-order valence-electron chi connectivity index (χ2n) is 5.82. The summed E-state index contributed by atoms with van der Waals surface area (Å²) in [7, 11) is 0. The lowest BCUT2D eigenvalue weighted by Crippen LogP contribution is -2.42. The molecule has 23 heavy (non-hydrogen) atoms. The first-order valence-corrected chi connectivity index (χ1v) is 7.84. The highest BCUT2D eigenvalue weighted by atomic mass is 19.1. The van der Waals surface area contributed by atoms with Crippen LogP contribution in [0, 0.1) is 5.82 Å². The Bertz CT molecular complexity index is 635. The molecule has 0 bridgehead atoms. The van der Waals surface area contributed by atoms with Crippen LogP contribution in [0.1, 0.15) is 17.7 Å². The number of anilines is 1. The largest absolute Gasteiger partial charge is 0.384 e. The fourth-order valence-corrected chi connectivity index (χ4v) is 2.81. The average Bonchev–Trinajstić information content (AvgIpc) is 2.56. The van der Waals surface area contributed by atoms with Gasteiger partial charge in [0.05, 0.1) is 24.6 Å².